The molecule has 2 N–H and O–H groups in total. The van der Waals surface area contributed by atoms with E-state index in [1.54, 1.807) is 12.1 Å². The molecule has 2 atom stereocenters. The molecule has 2 aromatic carbocycles. The highest BCUT2D eigenvalue weighted by atomic mass is 32.2. The average Bonchev–Trinajstić information content (AvgIpc) is 3.06. The van der Waals surface area contributed by atoms with Crippen molar-refractivity contribution in [3.8, 4) is 5.75 Å². The maximum Gasteiger partial charge on any atom is 0.253 e. The molecule has 34 heavy (non-hydrogen) atoms. The van der Waals surface area contributed by atoms with Gasteiger partial charge in [0.05, 0.1) is 23.3 Å². The summed E-state index contributed by atoms with van der Waals surface area (Å²) in [5.41, 5.74) is 7.04. The zero-order chi connectivity index (χ0) is 24.5. The lowest BCUT2D eigenvalue weighted by molar-refractivity contribution is 0.0746. The number of sulfone groups is 1. The van der Waals surface area contributed by atoms with Crippen LogP contribution in [0.15, 0.2) is 53.4 Å². The van der Waals surface area contributed by atoms with Gasteiger partial charge in [0.15, 0.2) is 9.84 Å². The molecule has 0 spiro atoms. The monoisotopic (exact) mass is 485 g/mol. The van der Waals surface area contributed by atoms with Crippen molar-refractivity contribution in [1.29, 1.82) is 0 Å². The Morgan fingerprint density at radius 2 is 1.85 bits per heavy atom. The third-order valence-electron chi connectivity index (χ3n) is 7.01. The molecule has 0 saturated carbocycles. The fraction of sp³-hybridized carbons (Fsp3) is 0.500. The second-order valence-electron chi connectivity index (χ2n) is 10.00. The van der Waals surface area contributed by atoms with Crippen LogP contribution in [0.3, 0.4) is 0 Å². The number of piperidine rings is 1. The molecule has 3 saturated heterocycles. The van der Waals surface area contributed by atoms with Crippen LogP contribution in [-0.2, 0) is 9.84 Å². The Labute approximate surface area is 202 Å². The Morgan fingerprint density at radius 3 is 2.53 bits per heavy atom. The van der Waals surface area contributed by atoms with Crippen LogP contribution < -0.4 is 15.4 Å². The number of nitrogens with zero attached hydrogens (tertiary/aromatic N) is 2. The van der Waals surface area contributed by atoms with E-state index >= 15 is 0 Å². The van der Waals surface area contributed by atoms with Gasteiger partial charge in [-0.25, -0.2) is 8.42 Å². The van der Waals surface area contributed by atoms with Crippen LogP contribution in [0.5, 0.6) is 5.75 Å². The SMILES string of the molecule is CCOc1ccc(N2C[C@H]3CN(C(=O)c4cccc(S(=O)(=O)CCN)c4)CC2C(C)(C)C3)cc1. The zero-order valence-electron chi connectivity index (χ0n) is 20.2. The van der Waals surface area contributed by atoms with Crippen molar-refractivity contribution in [2.24, 2.45) is 17.1 Å². The average molecular weight is 486 g/mol. The molecule has 0 aliphatic carbocycles. The van der Waals surface area contributed by atoms with Gasteiger partial charge in [-0.2, -0.15) is 0 Å². The van der Waals surface area contributed by atoms with Gasteiger partial charge in [0.1, 0.15) is 5.75 Å². The Hall–Kier alpha value is -2.58. The van der Waals surface area contributed by atoms with Crippen LogP contribution in [0.4, 0.5) is 5.69 Å². The molecule has 3 fully saturated rings. The number of carbonyl (C=O) groups is 1. The van der Waals surface area contributed by atoms with Crippen LogP contribution >= 0.6 is 0 Å². The van der Waals surface area contributed by atoms with E-state index in [0.29, 0.717) is 31.2 Å². The minimum atomic E-state index is -3.50. The minimum Gasteiger partial charge on any atom is -0.494 e. The van der Waals surface area contributed by atoms with Gasteiger partial charge in [0.25, 0.3) is 5.91 Å². The predicted molar refractivity (Wildman–Crippen MR) is 134 cm³/mol. The number of ether oxygens (including phenoxy) is 1. The number of hydrogen-bond donors (Lipinski definition) is 1. The lowest BCUT2D eigenvalue weighted by atomic mass is 9.73. The molecule has 1 unspecified atom stereocenters. The van der Waals surface area contributed by atoms with Crippen molar-refractivity contribution < 1.29 is 17.9 Å². The number of carbonyl (C=O) groups excluding carboxylic acids is 1. The Bertz CT molecular complexity index is 1130. The van der Waals surface area contributed by atoms with Crippen molar-refractivity contribution in [3.05, 3.63) is 54.1 Å². The maximum absolute atomic E-state index is 13.6. The molecular weight excluding hydrogens is 450 g/mol. The predicted octanol–water partition coefficient (Wildman–Crippen LogP) is 3.19. The molecule has 0 aromatic heterocycles. The van der Waals surface area contributed by atoms with E-state index in [2.05, 4.69) is 30.9 Å². The molecule has 3 aliphatic heterocycles. The lowest BCUT2D eigenvalue weighted by Crippen LogP contribution is -2.54. The maximum atomic E-state index is 13.6. The van der Waals surface area contributed by atoms with Gasteiger partial charge < -0.3 is 20.3 Å². The molecular formula is C26H35N3O4S. The molecule has 8 heteroatoms. The molecule has 184 valence electrons. The first kappa shape index (κ1) is 24.5. The molecule has 1 amide bonds. The topological polar surface area (TPSA) is 92.9 Å². The van der Waals surface area contributed by atoms with E-state index < -0.39 is 9.84 Å². The minimum absolute atomic E-state index is 0.0306. The third kappa shape index (κ3) is 4.93. The number of anilines is 1. The first-order chi connectivity index (χ1) is 16.1. The highest BCUT2D eigenvalue weighted by molar-refractivity contribution is 7.91. The van der Waals surface area contributed by atoms with Crippen LogP contribution in [0.1, 0.15) is 37.6 Å². The summed E-state index contributed by atoms with van der Waals surface area (Å²) in [5.74, 6) is 0.926. The van der Waals surface area contributed by atoms with Crippen molar-refractivity contribution in [3.63, 3.8) is 0 Å². The Kier molecular flexibility index (Phi) is 6.92. The second-order valence-corrected chi connectivity index (χ2v) is 12.1. The van der Waals surface area contributed by atoms with Crippen LogP contribution in [0.2, 0.25) is 0 Å². The largest absolute Gasteiger partial charge is 0.494 e. The molecule has 2 bridgehead atoms. The molecule has 3 aliphatic rings. The number of rotatable bonds is 7. The number of hydrogen-bond acceptors (Lipinski definition) is 6. The summed E-state index contributed by atoms with van der Waals surface area (Å²) in [6, 6.07) is 14.7. The molecule has 0 radical (unpaired) electrons. The van der Waals surface area contributed by atoms with E-state index in [0.717, 1.165) is 24.4 Å². The molecule has 2 aromatic rings. The van der Waals surface area contributed by atoms with Gasteiger partial charge in [-0.3, -0.25) is 4.79 Å². The van der Waals surface area contributed by atoms with Crippen molar-refractivity contribution in [1.82, 2.24) is 4.90 Å². The smallest absolute Gasteiger partial charge is 0.253 e. The fourth-order valence-electron chi connectivity index (χ4n) is 5.46. The fourth-order valence-corrected chi connectivity index (χ4v) is 6.60. The Morgan fingerprint density at radius 1 is 1.12 bits per heavy atom. The van der Waals surface area contributed by atoms with Gasteiger partial charge in [0.2, 0.25) is 0 Å². The van der Waals surface area contributed by atoms with Crippen LogP contribution in [-0.4, -0.2) is 63.8 Å². The standard InChI is InChI=1S/C26H35N3O4S/c1-4-33-22-10-8-21(9-11-22)29-17-19-15-26(2,3)24(29)18-28(16-19)25(30)20-6-5-7-23(14-20)34(31,32)13-12-27/h5-11,14,19,24H,4,12-13,15-18,27H2,1-3H3/t19-,24?/m1/s1. The molecule has 3 heterocycles. The van der Waals surface area contributed by atoms with E-state index in [-0.39, 0.29) is 34.6 Å². The number of benzene rings is 2. The molecule has 7 nitrogen and oxygen atoms in total. The number of fused-ring (bicyclic) bond motifs is 4. The summed E-state index contributed by atoms with van der Waals surface area (Å²) in [6.07, 6.45) is 1.04. The Balaban J connectivity index is 1.60. The quantitative estimate of drug-likeness (QED) is 0.648. The van der Waals surface area contributed by atoms with Crippen molar-refractivity contribution in [2.45, 2.75) is 38.1 Å². The highest BCUT2D eigenvalue weighted by Crippen LogP contribution is 2.43. The van der Waals surface area contributed by atoms with E-state index in [4.69, 9.17) is 10.5 Å². The van der Waals surface area contributed by atoms with Gasteiger partial charge >= 0.3 is 0 Å². The third-order valence-corrected chi connectivity index (χ3v) is 8.76. The van der Waals surface area contributed by atoms with Gasteiger partial charge in [-0.1, -0.05) is 19.9 Å². The molecule has 5 rings (SSSR count). The number of amides is 1. The van der Waals surface area contributed by atoms with Crippen LogP contribution in [0, 0.1) is 11.3 Å². The summed E-state index contributed by atoms with van der Waals surface area (Å²) < 4.78 is 30.6. The number of nitrogens with two attached hydrogens (primary N) is 1. The van der Waals surface area contributed by atoms with E-state index in [1.807, 2.05) is 24.0 Å². The van der Waals surface area contributed by atoms with Gasteiger partial charge in [0, 0.05) is 37.4 Å². The second kappa shape index (κ2) is 9.58. The summed E-state index contributed by atoms with van der Waals surface area (Å²) in [7, 11) is -3.50. The van der Waals surface area contributed by atoms with Crippen LogP contribution in [0.25, 0.3) is 0 Å². The normalized spacial score (nSPS) is 21.9. The lowest BCUT2D eigenvalue weighted by Gasteiger charge is -2.48. The summed E-state index contributed by atoms with van der Waals surface area (Å²) in [5, 5.41) is 0. The summed E-state index contributed by atoms with van der Waals surface area (Å²) >= 11 is 0. The van der Waals surface area contributed by atoms with E-state index in [1.165, 1.54) is 12.1 Å². The zero-order valence-corrected chi connectivity index (χ0v) is 21.1. The van der Waals surface area contributed by atoms with Gasteiger partial charge in [-0.05, 0) is 67.1 Å². The van der Waals surface area contributed by atoms with Crippen molar-refractivity contribution >= 4 is 21.4 Å². The highest BCUT2D eigenvalue weighted by Gasteiger charge is 2.46. The van der Waals surface area contributed by atoms with Crippen molar-refractivity contribution in [2.75, 3.05) is 43.4 Å². The summed E-state index contributed by atoms with van der Waals surface area (Å²) in [6.45, 7) is 9.34. The summed E-state index contributed by atoms with van der Waals surface area (Å²) in [4.78, 5) is 18.0. The first-order valence-corrected chi connectivity index (χ1v) is 13.6. The first-order valence-electron chi connectivity index (χ1n) is 12.0. The van der Waals surface area contributed by atoms with Gasteiger partial charge in [-0.15, -0.1) is 0 Å². The van der Waals surface area contributed by atoms with E-state index in [9.17, 15) is 13.2 Å².